The van der Waals surface area contributed by atoms with Crippen LogP contribution in [0.2, 0.25) is 0 Å². The van der Waals surface area contributed by atoms with Crippen LogP contribution in [0.1, 0.15) is 42.7 Å². The Hall–Kier alpha value is -2.96. The number of ether oxygens (including phenoxy) is 1. The summed E-state index contributed by atoms with van der Waals surface area (Å²) in [6, 6.07) is 9.13. The molecule has 1 fully saturated rings. The largest absolute Gasteiger partial charge is 0.490 e. The first-order valence-corrected chi connectivity index (χ1v) is 8.53. The third-order valence-corrected chi connectivity index (χ3v) is 4.29. The quantitative estimate of drug-likeness (QED) is 0.791. The Kier molecular flexibility index (Phi) is 4.28. The number of anilines is 1. The molecular formula is C18H19N5O2. The molecule has 1 aliphatic rings. The Balaban J connectivity index is 1.40. The van der Waals surface area contributed by atoms with Crippen LogP contribution in [0.5, 0.6) is 5.75 Å². The highest BCUT2D eigenvalue weighted by Gasteiger charge is 2.16. The monoisotopic (exact) mass is 337 g/mol. The molecule has 2 heterocycles. The van der Waals surface area contributed by atoms with Crippen molar-refractivity contribution in [3.63, 3.8) is 0 Å². The van der Waals surface area contributed by atoms with Crippen molar-refractivity contribution in [1.29, 1.82) is 0 Å². The Labute approximate surface area is 145 Å². The van der Waals surface area contributed by atoms with Crippen molar-refractivity contribution in [2.75, 3.05) is 5.32 Å². The number of fused-ring (bicyclic) bond motifs is 1. The van der Waals surface area contributed by atoms with Crippen molar-refractivity contribution in [3.8, 4) is 5.75 Å². The number of amides is 1. The molecule has 128 valence electrons. The maximum absolute atomic E-state index is 12.3. The van der Waals surface area contributed by atoms with Gasteiger partial charge in [-0.2, -0.15) is 4.98 Å². The Morgan fingerprint density at radius 1 is 1.16 bits per heavy atom. The zero-order chi connectivity index (χ0) is 17.1. The van der Waals surface area contributed by atoms with Gasteiger partial charge in [-0.05, 0) is 56.0 Å². The minimum Gasteiger partial charge on any atom is -0.490 e. The summed E-state index contributed by atoms with van der Waals surface area (Å²) >= 11 is 0. The van der Waals surface area contributed by atoms with Gasteiger partial charge in [0.15, 0.2) is 0 Å². The molecule has 0 radical (unpaired) electrons. The van der Waals surface area contributed by atoms with E-state index in [0.717, 1.165) is 18.6 Å². The number of nitrogens with one attached hydrogen (secondary N) is 1. The lowest BCUT2D eigenvalue weighted by Crippen LogP contribution is -2.19. The van der Waals surface area contributed by atoms with Gasteiger partial charge in [0.25, 0.3) is 11.7 Å². The Morgan fingerprint density at radius 2 is 1.96 bits per heavy atom. The number of carbonyl (C=O) groups excluding carboxylic acids is 1. The molecule has 0 aliphatic heterocycles. The van der Waals surface area contributed by atoms with Crippen LogP contribution in [-0.4, -0.2) is 31.6 Å². The fourth-order valence-corrected chi connectivity index (χ4v) is 3.01. The standard InChI is InChI=1S/C18H19N5O2/c24-17(16-21-18-19-11-4-12-23(18)22-16)20-13-7-9-15(10-8-13)25-14-5-2-1-3-6-14/h4,7-12,14H,1-3,5-6H2,(H,20,24). The van der Waals surface area contributed by atoms with E-state index in [1.807, 2.05) is 24.3 Å². The van der Waals surface area contributed by atoms with Crippen LogP contribution in [-0.2, 0) is 0 Å². The zero-order valence-corrected chi connectivity index (χ0v) is 13.8. The summed E-state index contributed by atoms with van der Waals surface area (Å²) < 4.78 is 7.46. The minimum atomic E-state index is -0.369. The van der Waals surface area contributed by atoms with E-state index in [-0.39, 0.29) is 11.7 Å². The van der Waals surface area contributed by atoms with Crippen molar-refractivity contribution >= 4 is 17.4 Å². The van der Waals surface area contributed by atoms with E-state index in [4.69, 9.17) is 4.74 Å². The van der Waals surface area contributed by atoms with E-state index >= 15 is 0 Å². The first-order valence-electron chi connectivity index (χ1n) is 8.53. The van der Waals surface area contributed by atoms with Crippen LogP contribution in [0.25, 0.3) is 5.78 Å². The van der Waals surface area contributed by atoms with Gasteiger partial charge in [0.2, 0.25) is 5.82 Å². The zero-order valence-electron chi connectivity index (χ0n) is 13.8. The lowest BCUT2D eigenvalue weighted by Gasteiger charge is -2.23. The first kappa shape index (κ1) is 15.6. The second-order valence-corrected chi connectivity index (χ2v) is 6.16. The highest BCUT2D eigenvalue weighted by Crippen LogP contribution is 2.24. The molecule has 25 heavy (non-hydrogen) atoms. The molecule has 1 amide bonds. The number of aromatic nitrogens is 4. The average molecular weight is 337 g/mol. The molecule has 7 nitrogen and oxygen atoms in total. The maximum atomic E-state index is 12.3. The molecule has 0 atom stereocenters. The number of nitrogens with zero attached hydrogens (tertiary/aromatic N) is 4. The molecule has 3 aromatic rings. The van der Waals surface area contributed by atoms with Crippen molar-refractivity contribution in [3.05, 3.63) is 48.5 Å². The van der Waals surface area contributed by atoms with Crippen LogP contribution >= 0.6 is 0 Å². The molecule has 0 unspecified atom stereocenters. The normalized spacial score (nSPS) is 15.2. The smallest absolute Gasteiger partial charge is 0.295 e. The summed E-state index contributed by atoms with van der Waals surface area (Å²) in [7, 11) is 0. The molecule has 4 rings (SSSR count). The van der Waals surface area contributed by atoms with Crippen LogP contribution in [0, 0.1) is 0 Å². The molecule has 7 heteroatoms. The van der Waals surface area contributed by atoms with Gasteiger partial charge in [-0.1, -0.05) is 6.42 Å². The van der Waals surface area contributed by atoms with Gasteiger partial charge in [-0.3, -0.25) is 4.79 Å². The Bertz CT molecular complexity index is 836. The van der Waals surface area contributed by atoms with E-state index in [1.165, 1.54) is 23.8 Å². The van der Waals surface area contributed by atoms with E-state index in [1.54, 1.807) is 18.5 Å². The maximum Gasteiger partial charge on any atom is 0.295 e. The second kappa shape index (κ2) is 6.88. The molecule has 0 spiro atoms. The van der Waals surface area contributed by atoms with Crippen LogP contribution in [0.4, 0.5) is 5.69 Å². The first-order chi connectivity index (χ1) is 12.3. The molecule has 0 bridgehead atoms. The number of rotatable bonds is 4. The second-order valence-electron chi connectivity index (χ2n) is 6.16. The summed E-state index contributed by atoms with van der Waals surface area (Å²) in [6.07, 6.45) is 9.62. The average Bonchev–Trinajstić information content (AvgIpc) is 3.09. The summed E-state index contributed by atoms with van der Waals surface area (Å²) in [4.78, 5) is 20.4. The fraction of sp³-hybridized carbons (Fsp3) is 0.333. The van der Waals surface area contributed by atoms with Crippen molar-refractivity contribution in [2.24, 2.45) is 0 Å². The number of carbonyl (C=O) groups is 1. The molecular weight excluding hydrogens is 318 g/mol. The topological polar surface area (TPSA) is 81.4 Å². The SMILES string of the molecule is O=C(Nc1ccc(OC2CCCCC2)cc1)c1nc2ncccn2n1. The van der Waals surface area contributed by atoms with E-state index in [2.05, 4.69) is 20.4 Å². The lowest BCUT2D eigenvalue weighted by molar-refractivity contribution is 0.101. The van der Waals surface area contributed by atoms with Crippen molar-refractivity contribution in [1.82, 2.24) is 19.6 Å². The van der Waals surface area contributed by atoms with Gasteiger partial charge in [0, 0.05) is 18.1 Å². The lowest BCUT2D eigenvalue weighted by atomic mass is 9.98. The van der Waals surface area contributed by atoms with Gasteiger partial charge in [-0.15, -0.1) is 5.10 Å². The number of hydrogen-bond donors (Lipinski definition) is 1. The summed E-state index contributed by atoms with van der Waals surface area (Å²) in [5.74, 6) is 0.941. The fourth-order valence-electron chi connectivity index (χ4n) is 3.01. The van der Waals surface area contributed by atoms with Crippen LogP contribution in [0.3, 0.4) is 0 Å². The third-order valence-electron chi connectivity index (χ3n) is 4.29. The number of benzene rings is 1. The highest BCUT2D eigenvalue weighted by molar-refractivity contribution is 6.01. The van der Waals surface area contributed by atoms with Crippen LogP contribution in [0.15, 0.2) is 42.7 Å². The van der Waals surface area contributed by atoms with Gasteiger partial charge >= 0.3 is 0 Å². The summed E-state index contributed by atoms with van der Waals surface area (Å²) in [6.45, 7) is 0. The molecule has 2 aromatic heterocycles. The van der Waals surface area contributed by atoms with Gasteiger partial charge < -0.3 is 10.1 Å². The predicted octanol–water partition coefficient (Wildman–Crippen LogP) is 3.09. The highest BCUT2D eigenvalue weighted by atomic mass is 16.5. The van der Waals surface area contributed by atoms with E-state index < -0.39 is 0 Å². The van der Waals surface area contributed by atoms with Crippen LogP contribution < -0.4 is 10.1 Å². The Morgan fingerprint density at radius 3 is 2.72 bits per heavy atom. The predicted molar refractivity (Wildman–Crippen MR) is 92.7 cm³/mol. The van der Waals surface area contributed by atoms with Crippen molar-refractivity contribution in [2.45, 2.75) is 38.2 Å². The molecule has 0 saturated heterocycles. The third kappa shape index (κ3) is 3.60. The van der Waals surface area contributed by atoms with E-state index in [9.17, 15) is 4.79 Å². The molecule has 1 N–H and O–H groups in total. The molecule has 1 aromatic carbocycles. The van der Waals surface area contributed by atoms with Gasteiger partial charge in [-0.25, -0.2) is 9.50 Å². The van der Waals surface area contributed by atoms with Gasteiger partial charge in [0.1, 0.15) is 5.75 Å². The molecule has 1 aliphatic carbocycles. The summed E-state index contributed by atoms with van der Waals surface area (Å²) in [5.41, 5.74) is 0.674. The number of hydrogen-bond acceptors (Lipinski definition) is 5. The van der Waals surface area contributed by atoms with Crippen molar-refractivity contribution < 1.29 is 9.53 Å². The minimum absolute atomic E-state index is 0.0845. The van der Waals surface area contributed by atoms with Gasteiger partial charge in [0.05, 0.1) is 6.10 Å². The molecule has 1 saturated carbocycles. The van der Waals surface area contributed by atoms with E-state index in [0.29, 0.717) is 17.6 Å². The summed E-state index contributed by atoms with van der Waals surface area (Å²) in [5, 5.41) is 6.90.